The Kier molecular flexibility index (Phi) is 1.40. The Balaban J connectivity index is 2.79. The molecule has 0 unspecified atom stereocenters. The molecule has 0 saturated heterocycles. The van der Waals surface area contributed by atoms with Crippen LogP contribution in [0.25, 0.3) is 10.9 Å². The van der Waals surface area contributed by atoms with E-state index in [0.29, 0.717) is 11.4 Å². The highest BCUT2D eigenvalue weighted by molar-refractivity contribution is 5.86. The minimum absolute atomic E-state index is 0.0380. The first kappa shape index (κ1) is 7.50. The fourth-order valence-corrected chi connectivity index (χ4v) is 1.25. The molecule has 13 heavy (non-hydrogen) atoms. The predicted octanol–water partition coefficient (Wildman–Crippen LogP) is 1.33. The molecule has 0 aliphatic rings. The van der Waals surface area contributed by atoms with Gasteiger partial charge in [0, 0.05) is 10.9 Å². The highest BCUT2D eigenvalue weighted by Crippen LogP contribution is 2.26. The normalized spacial score (nSPS) is 10.1. The topological polar surface area (TPSA) is 85.8 Å². The molecule has 0 amide bonds. The molecular weight excluding hydrogens is 166 g/mol. The molecule has 0 fully saturated rings. The summed E-state index contributed by atoms with van der Waals surface area (Å²) < 4.78 is 0. The number of phenols is 1. The van der Waals surface area contributed by atoms with Gasteiger partial charge in [0.2, 0.25) is 0 Å². The van der Waals surface area contributed by atoms with Crippen LogP contribution in [0.2, 0.25) is 0 Å². The van der Waals surface area contributed by atoms with Crippen LogP contribution in [0.15, 0.2) is 18.2 Å². The Morgan fingerprint density at radius 1 is 1.38 bits per heavy atom. The molecule has 2 rings (SSSR count). The lowest BCUT2D eigenvalue weighted by atomic mass is 10.2. The van der Waals surface area contributed by atoms with E-state index in [0.717, 1.165) is 10.9 Å². The van der Waals surface area contributed by atoms with Gasteiger partial charge in [0.05, 0.1) is 5.69 Å². The molecule has 0 spiro atoms. The molecule has 0 aliphatic carbocycles. The summed E-state index contributed by atoms with van der Waals surface area (Å²) in [4.78, 5) is 2.86. The fraction of sp³-hybridized carbons (Fsp3) is 0. The Bertz CT molecular complexity index is 468. The summed E-state index contributed by atoms with van der Waals surface area (Å²) in [5, 5.41) is 18.7. The van der Waals surface area contributed by atoms with Crippen molar-refractivity contribution in [1.82, 2.24) is 4.98 Å². The summed E-state index contributed by atoms with van der Waals surface area (Å²) >= 11 is 0. The molecule has 0 atom stereocenters. The van der Waals surface area contributed by atoms with Crippen molar-refractivity contribution >= 4 is 16.6 Å². The SMILES string of the molecule is N#Cc1cc2cc(O)c(N)cc2[nH]1. The number of H-pyrrole nitrogens is 1. The lowest BCUT2D eigenvalue weighted by Crippen LogP contribution is -1.84. The summed E-state index contributed by atoms with van der Waals surface area (Å²) in [7, 11) is 0. The van der Waals surface area contributed by atoms with Gasteiger partial charge >= 0.3 is 0 Å². The molecule has 2 aromatic rings. The van der Waals surface area contributed by atoms with Crippen molar-refractivity contribution in [3.8, 4) is 11.8 Å². The average Bonchev–Trinajstić information content (AvgIpc) is 2.48. The van der Waals surface area contributed by atoms with Gasteiger partial charge in [-0.1, -0.05) is 0 Å². The Labute approximate surface area is 74.2 Å². The third-order valence-electron chi connectivity index (χ3n) is 1.89. The van der Waals surface area contributed by atoms with Crippen LogP contribution in [-0.4, -0.2) is 10.1 Å². The summed E-state index contributed by atoms with van der Waals surface area (Å²) in [6.07, 6.45) is 0. The summed E-state index contributed by atoms with van der Waals surface area (Å²) in [5.41, 5.74) is 7.00. The van der Waals surface area contributed by atoms with Gasteiger partial charge in [0.1, 0.15) is 17.5 Å². The first-order valence-corrected chi connectivity index (χ1v) is 3.72. The van der Waals surface area contributed by atoms with E-state index in [1.54, 1.807) is 12.1 Å². The van der Waals surface area contributed by atoms with E-state index >= 15 is 0 Å². The average molecular weight is 173 g/mol. The Morgan fingerprint density at radius 2 is 2.15 bits per heavy atom. The zero-order valence-corrected chi connectivity index (χ0v) is 6.70. The highest BCUT2D eigenvalue weighted by atomic mass is 16.3. The molecule has 1 aromatic carbocycles. The molecule has 4 heteroatoms. The number of rotatable bonds is 0. The number of anilines is 1. The number of nitrogens with one attached hydrogen (secondary N) is 1. The number of nitrogens with two attached hydrogens (primary N) is 1. The van der Waals surface area contributed by atoms with Crippen LogP contribution in [0.1, 0.15) is 5.69 Å². The van der Waals surface area contributed by atoms with E-state index in [1.165, 1.54) is 6.07 Å². The zero-order chi connectivity index (χ0) is 9.42. The molecule has 1 heterocycles. The van der Waals surface area contributed by atoms with Gasteiger partial charge in [0.15, 0.2) is 0 Å². The van der Waals surface area contributed by atoms with Crippen molar-refractivity contribution in [1.29, 1.82) is 5.26 Å². The number of hydrogen-bond acceptors (Lipinski definition) is 3. The van der Waals surface area contributed by atoms with Crippen molar-refractivity contribution in [2.45, 2.75) is 0 Å². The Morgan fingerprint density at radius 3 is 2.85 bits per heavy atom. The van der Waals surface area contributed by atoms with E-state index in [-0.39, 0.29) is 5.75 Å². The Hall–Kier alpha value is -2.15. The van der Waals surface area contributed by atoms with E-state index < -0.39 is 0 Å². The zero-order valence-electron chi connectivity index (χ0n) is 6.70. The largest absolute Gasteiger partial charge is 0.506 e. The lowest BCUT2D eigenvalue weighted by molar-refractivity contribution is 0.479. The van der Waals surface area contributed by atoms with E-state index in [1.807, 2.05) is 6.07 Å². The predicted molar refractivity (Wildman–Crippen MR) is 49.1 cm³/mol. The number of nitriles is 1. The number of nitrogen functional groups attached to an aromatic ring is 1. The van der Waals surface area contributed by atoms with Crippen LogP contribution in [-0.2, 0) is 0 Å². The molecule has 0 radical (unpaired) electrons. The summed E-state index contributed by atoms with van der Waals surface area (Å²) in [5.74, 6) is 0.0380. The first-order valence-electron chi connectivity index (χ1n) is 3.72. The smallest absolute Gasteiger partial charge is 0.139 e. The second-order valence-electron chi connectivity index (χ2n) is 2.79. The minimum atomic E-state index is 0.0380. The number of nitrogens with zero attached hydrogens (tertiary/aromatic N) is 1. The van der Waals surface area contributed by atoms with Gasteiger partial charge in [-0.25, -0.2) is 0 Å². The summed E-state index contributed by atoms with van der Waals surface area (Å²) in [6, 6.07) is 6.77. The van der Waals surface area contributed by atoms with Gasteiger partial charge < -0.3 is 15.8 Å². The third kappa shape index (κ3) is 1.07. The molecule has 64 valence electrons. The second-order valence-corrected chi connectivity index (χ2v) is 2.79. The molecular formula is C9H7N3O. The molecule has 4 N–H and O–H groups in total. The number of aromatic amines is 1. The monoisotopic (exact) mass is 173 g/mol. The van der Waals surface area contributed by atoms with Gasteiger partial charge in [-0.15, -0.1) is 0 Å². The minimum Gasteiger partial charge on any atom is -0.506 e. The van der Waals surface area contributed by atoms with Crippen molar-refractivity contribution in [2.24, 2.45) is 0 Å². The van der Waals surface area contributed by atoms with Crippen molar-refractivity contribution < 1.29 is 5.11 Å². The van der Waals surface area contributed by atoms with Gasteiger partial charge in [0.25, 0.3) is 0 Å². The van der Waals surface area contributed by atoms with Crippen molar-refractivity contribution in [2.75, 3.05) is 5.73 Å². The van der Waals surface area contributed by atoms with Gasteiger partial charge in [-0.3, -0.25) is 0 Å². The third-order valence-corrected chi connectivity index (χ3v) is 1.89. The maximum atomic E-state index is 9.28. The molecule has 0 saturated carbocycles. The van der Waals surface area contributed by atoms with E-state index in [2.05, 4.69) is 4.98 Å². The van der Waals surface area contributed by atoms with E-state index in [9.17, 15) is 5.11 Å². The lowest BCUT2D eigenvalue weighted by Gasteiger charge is -1.96. The fourth-order valence-electron chi connectivity index (χ4n) is 1.25. The summed E-state index contributed by atoms with van der Waals surface area (Å²) in [6.45, 7) is 0. The van der Waals surface area contributed by atoms with Crippen LogP contribution in [0.5, 0.6) is 5.75 Å². The highest BCUT2D eigenvalue weighted by Gasteiger charge is 2.03. The number of fused-ring (bicyclic) bond motifs is 1. The van der Waals surface area contributed by atoms with Crippen molar-refractivity contribution in [3.63, 3.8) is 0 Å². The number of benzene rings is 1. The van der Waals surface area contributed by atoms with Crippen LogP contribution in [0.3, 0.4) is 0 Å². The van der Waals surface area contributed by atoms with Gasteiger partial charge in [-0.05, 0) is 18.2 Å². The number of hydrogen-bond donors (Lipinski definition) is 3. The maximum absolute atomic E-state index is 9.28. The molecule has 4 nitrogen and oxygen atoms in total. The molecule has 0 bridgehead atoms. The van der Waals surface area contributed by atoms with Crippen molar-refractivity contribution in [3.05, 3.63) is 23.9 Å². The van der Waals surface area contributed by atoms with Gasteiger partial charge in [-0.2, -0.15) is 5.26 Å². The van der Waals surface area contributed by atoms with Crippen LogP contribution >= 0.6 is 0 Å². The number of aromatic hydroxyl groups is 1. The maximum Gasteiger partial charge on any atom is 0.139 e. The first-order chi connectivity index (χ1) is 6.20. The quantitative estimate of drug-likeness (QED) is 0.415. The van der Waals surface area contributed by atoms with Crippen LogP contribution in [0, 0.1) is 11.3 Å². The molecule has 1 aromatic heterocycles. The molecule has 0 aliphatic heterocycles. The number of phenolic OH excluding ortho intramolecular Hbond substituents is 1. The number of aromatic nitrogens is 1. The van der Waals surface area contributed by atoms with Crippen LogP contribution < -0.4 is 5.73 Å². The standard InChI is InChI=1S/C9H7N3O/c10-4-6-1-5-2-9(13)7(11)3-8(5)12-6/h1-3,12-13H,11H2. The second kappa shape index (κ2) is 2.42. The van der Waals surface area contributed by atoms with Crippen LogP contribution in [0.4, 0.5) is 5.69 Å². The van der Waals surface area contributed by atoms with E-state index in [4.69, 9.17) is 11.0 Å².